The second kappa shape index (κ2) is 4.83. The van der Waals surface area contributed by atoms with Crippen molar-refractivity contribution in [3.05, 3.63) is 57.0 Å². The van der Waals surface area contributed by atoms with E-state index < -0.39 is 0 Å². The van der Waals surface area contributed by atoms with Crippen LogP contribution < -0.4 is 5.56 Å². The first-order chi connectivity index (χ1) is 9.59. The van der Waals surface area contributed by atoms with E-state index in [0.717, 1.165) is 15.6 Å². The van der Waals surface area contributed by atoms with Crippen molar-refractivity contribution in [1.82, 2.24) is 14.5 Å². The van der Waals surface area contributed by atoms with E-state index in [0.29, 0.717) is 16.7 Å². The first-order valence-electron chi connectivity index (χ1n) is 6.16. The fourth-order valence-corrected chi connectivity index (χ4v) is 2.68. The first-order valence-corrected chi connectivity index (χ1v) is 6.95. The Labute approximate surface area is 124 Å². The highest BCUT2D eigenvalue weighted by Crippen LogP contribution is 2.25. The van der Waals surface area contributed by atoms with Crippen molar-refractivity contribution >= 4 is 26.8 Å². The average Bonchev–Trinajstić information content (AvgIpc) is 2.47. The van der Waals surface area contributed by atoms with Crippen LogP contribution in [0.3, 0.4) is 0 Å². The topological polar surface area (TPSA) is 47.8 Å². The number of fused-ring (bicyclic) bond motifs is 1. The van der Waals surface area contributed by atoms with Crippen LogP contribution in [0.25, 0.3) is 22.3 Å². The lowest BCUT2D eigenvalue weighted by Gasteiger charge is -2.10. The van der Waals surface area contributed by atoms with Crippen molar-refractivity contribution in [2.24, 2.45) is 7.05 Å². The van der Waals surface area contributed by atoms with E-state index in [1.807, 2.05) is 31.2 Å². The Kier molecular flexibility index (Phi) is 3.14. The number of nitrogens with zero attached hydrogens (tertiary/aromatic N) is 3. The molecule has 0 atom stereocenters. The highest BCUT2D eigenvalue weighted by molar-refractivity contribution is 9.10. The van der Waals surface area contributed by atoms with Gasteiger partial charge in [0.25, 0.3) is 5.56 Å². The normalized spacial score (nSPS) is 10.9. The van der Waals surface area contributed by atoms with Gasteiger partial charge >= 0.3 is 0 Å². The molecule has 0 saturated carbocycles. The Morgan fingerprint density at radius 1 is 1.25 bits per heavy atom. The second-order valence-electron chi connectivity index (χ2n) is 4.63. The molecule has 4 nitrogen and oxygen atoms in total. The van der Waals surface area contributed by atoms with Crippen LogP contribution >= 0.6 is 15.9 Å². The summed E-state index contributed by atoms with van der Waals surface area (Å²) in [5, 5.41) is 0.611. The monoisotopic (exact) mass is 329 g/mol. The van der Waals surface area contributed by atoms with E-state index in [4.69, 9.17) is 0 Å². The molecule has 2 heterocycles. The molecular formula is C15H12BrN3O. The zero-order valence-electron chi connectivity index (χ0n) is 11.1. The van der Waals surface area contributed by atoms with Crippen LogP contribution in [0.1, 0.15) is 5.56 Å². The number of benzene rings is 1. The number of aromatic nitrogens is 3. The van der Waals surface area contributed by atoms with E-state index in [2.05, 4.69) is 25.9 Å². The summed E-state index contributed by atoms with van der Waals surface area (Å²) in [4.78, 5) is 21.2. The third-order valence-corrected chi connectivity index (χ3v) is 4.32. The summed E-state index contributed by atoms with van der Waals surface area (Å²) in [6, 6.07) is 7.54. The number of halogens is 1. The molecule has 0 aliphatic rings. The van der Waals surface area contributed by atoms with Crippen LogP contribution in [0.4, 0.5) is 0 Å². The van der Waals surface area contributed by atoms with Gasteiger partial charge in [-0.3, -0.25) is 14.3 Å². The van der Waals surface area contributed by atoms with Crippen LogP contribution in [0.2, 0.25) is 0 Å². The van der Waals surface area contributed by atoms with E-state index in [-0.39, 0.29) is 5.56 Å². The Balaban J connectivity index is 2.42. The Bertz CT molecular complexity index is 856. The summed E-state index contributed by atoms with van der Waals surface area (Å²) in [5.74, 6) is 0.617. The minimum absolute atomic E-state index is 0.0653. The van der Waals surface area contributed by atoms with Gasteiger partial charge < -0.3 is 0 Å². The summed E-state index contributed by atoms with van der Waals surface area (Å²) in [6.07, 6.45) is 3.40. The van der Waals surface area contributed by atoms with Crippen LogP contribution in [-0.4, -0.2) is 14.5 Å². The summed E-state index contributed by atoms with van der Waals surface area (Å²) < 4.78 is 2.37. The number of hydrogen-bond donors (Lipinski definition) is 0. The Morgan fingerprint density at radius 3 is 2.75 bits per heavy atom. The number of aryl methyl sites for hydroxylation is 1. The predicted octanol–water partition coefficient (Wildman–Crippen LogP) is 3.07. The van der Waals surface area contributed by atoms with E-state index in [1.165, 1.54) is 0 Å². The highest BCUT2D eigenvalue weighted by atomic mass is 79.9. The van der Waals surface area contributed by atoms with Gasteiger partial charge in [0, 0.05) is 29.5 Å². The summed E-state index contributed by atoms with van der Waals surface area (Å²) in [6.45, 7) is 1.96. The van der Waals surface area contributed by atoms with Gasteiger partial charge in [0.15, 0.2) is 0 Å². The maximum absolute atomic E-state index is 12.6. The molecule has 0 unspecified atom stereocenters. The lowest BCUT2D eigenvalue weighted by Crippen LogP contribution is -2.20. The number of pyridine rings is 1. The number of hydrogen-bond acceptors (Lipinski definition) is 3. The maximum Gasteiger partial charge on any atom is 0.262 e. The number of rotatable bonds is 1. The van der Waals surface area contributed by atoms with Gasteiger partial charge in [-0.05, 0) is 46.6 Å². The minimum atomic E-state index is -0.0653. The summed E-state index contributed by atoms with van der Waals surface area (Å²) in [5.41, 5.74) is 2.46. The largest absolute Gasteiger partial charge is 0.295 e. The van der Waals surface area contributed by atoms with Crippen molar-refractivity contribution in [3.63, 3.8) is 0 Å². The summed E-state index contributed by atoms with van der Waals surface area (Å²) in [7, 11) is 1.73. The minimum Gasteiger partial charge on any atom is -0.295 e. The fraction of sp³-hybridized carbons (Fsp3) is 0.133. The first kappa shape index (κ1) is 13.0. The third kappa shape index (κ3) is 1.94. The fourth-order valence-electron chi connectivity index (χ4n) is 2.17. The molecule has 0 saturated heterocycles. The zero-order chi connectivity index (χ0) is 14.3. The molecule has 3 aromatic rings. The predicted molar refractivity (Wildman–Crippen MR) is 82.7 cm³/mol. The van der Waals surface area contributed by atoms with Crippen LogP contribution in [-0.2, 0) is 7.05 Å². The van der Waals surface area contributed by atoms with Gasteiger partial charge in [-0.2, -0.15) is 0 Å². The molecule has 0 radical (unpaired) electrons. The maximum atomic E-state index is 12.6. The second-order valence-corrected chi connectivity index (χ2v) is 5.42. The van der Waals surface area contributed by atoms with Gasteiger partial charge in [0.1, 0.15) is 5.82 Å². The van der Waals surface area contributed by atoms with Crippen LogP contribution in [0, 0.1) is 6.92 Å². The third-order valence-electron chi connectivity index (χ3n) is 3.30. The Morgan fingerprint density at radius 2 is 2.05 bits per heavy atom. The van der Waals surface area contributed by atoms with Crippen LogP contribution in [0.15, 0.2) is 45.9 Å². The molecule has 0 N–H and O–H groups in total. The van der Waals surface area contributed by atoms with Gasteiger partial charge in [0.05, 0.1) is 10.9 Å². The standard InChI is InChI=1S/C15H12BrN3O/c1-9-5-6-11-12(13(9)16)15(20)19(2)14(18-11)10-4-3-7-17-8-10/h3-8H,1-2H3. The molecular weight excluding hydrogens is 318 g/mol. The SMILES string of the molecule is Cc1ccc2nc(-c3cccnc3)n(C)c(=O)c2c1Br. The van der Waals surface area contributed by atoms with Gasteiger partial charge in [-0.1, -0.05) is 6.07 Å². The molecule has 1 aromatic carbocycles. The molecule has 0 amide bonds. The Hall–Kier alpha value is -2.01. The molecule has 0 fully saturated rings. The zero-order valence-corrected chi connectivity index (χ0v) is 12.7. The quantitative estimate of drug-likeness (QED) is 0.689. The lowest BCUT2D eigenvalue weighted by atomic mass is 10.1. The van der Waals surface area contributed by atoms with Crippen molar-refractivity contribution in [3.8, 4) is 11.4 Å². The van der Waals surface area contributed by atoms with Crippen LogP contribution in [0.5, 0.6) is 0 Å². The molecule has 5 heteroatoms. The van der Waals surface area contributed by atoms with Crippen molar-refractivity contribution < 1.29 is 0 Å². The molecule has 20 heavy (non-hydrogen) atoms. The smallest absolute Gasteiger partial charge is 0.262 e. The molecule has 0 bridgehead atoms. The van der Waals surface area contributed by atoms with Gasteiger partial charge in [-0.25, -0.2) is 4.98 Å². The molecule has 100 valence electrons. The molecule has 0 spiro atoms. The molecule has 2 aromatic heterocycles. The molecule has 0 aliphatic heterocycles. The average molecular weight is 330 g/mol. The molecule has 0 aliphatic carbocycles. The van der Waals surface area contributed by atoms with Crippen molar-refractivity contribution in [2.45, 2.75) is 6.92 Å². The van der Waals surface area contributed by atoms with Gasteiger partial charge in [0.2, 0.25) is 0 Å². The van der Waals surface area contributed by atoms with E-state index >= 15 is 0 Å². The van der Waals surface area contributed by atoms with Crippen molar-refractivity contribution in [1.29, 1.82) is 0 Å². The van der Waals surface area contributed by atoms with E-state index in [1.54, 1.807) is 24.0 Å². The van der Waals surface area contributed by atoms with E-state index in [9.17, 15) is 4.79 Å². The van der Waals surface area contributed by atoms with Gasteiger partial charge in [-0.15, -0.1) is 0 Å². The summed E-state index contributed by atoms with van der Waals surface area (Å²) >= 11 is 3.48. The molecule has 3 rings (SSSR count). The highest BCUT2D eigenvalue weighted by Gasteiger charge is 2.13. The lowest BCUT2D eigenvalue weighted by molar-refractivity contribution is 0.854. The van der Waals surface area contributed by atoms with Crippen molar-refractivity contribution in [2.75, 3.05) is 0 Å².